The molecule has 2 aliphatic heterocycles. The SMILES string of the molecule is CC(=O)N1CCC(C(=O)N2CCC[C@@H](n3c(=O)[nH]c4cnc5[nH]ccc5c43)C2)CC1. The first-order valence-corrected chi connectivity index (χ1v) is 10.6. The quantitative estimate of drug-likeness (QED) is 0.669. The molecule has 3 aromatic heterocycles. The fraction of sp³-hybridized carbons (Fsp3) is 0.524. The number of amides is 2. The van der Waals surface area contributed by atoms with E-state index in [4.69, 9.17) is 0 Å². The average Bonchev–Trinajstić information content (AvgIpc) is 3.36. The van der Waals surface area contributed by atoms with Crippen LogP contribution in [0.15, 0.2) is 23.3 Å². The molecule has 0 radical (unpaired) electrons. The Kier molecular flexibility index (Phi) is 4.60. The molecule has 2 N–H and O–H groups in total. The summed E-state index contributed by atoms with van der Waals surface area (Å²) in [4.78, 5) is 51.6. The summed E-state index contributed by atoms with van der Waals surface area (Å²) in [7, 11) is 0. The largest absolute Gasteiger partial charge is 0.346 e. The first-order valence-electron chi connectivity index (χ1n) is 10.6. The van der Waals surface area contributed by atoms with Gasteiger partial charge in [0, 0.05) is 50.6 Å². The molecule has 2 saturated heterocycles. The second-order valence-corrected chi connectivity index (χ2v) is 8.42. The van der Waals surface area contributed by atoms with E-state index in [-0.39, 0.29) is 29.5 Å². The normalized spacial score (nSPS) is 20.9. The van der Waals surface area contributed by atoms with Gasteiger partial charge in [-0.2, -0.15) is 0 Å². The van der Waals surface area contributed by atoms with E-state index in [1.807, 2.05) is 26.6 Å². The van der Waals surface area contributed by atoms with Crippen LogP contribution in [0, 0.1) is 5.92 Å². The van der Waals surface area contributed by atoms with E-state index in [9.17, 15) is 14.4 Å². The maximum absolute atomic E-state index is 13.2. The number of fused-ring (bicyclic) bond motifs is 3. The van der Waals surface area contributed by atoms with E-state index < -0.39 is 0 Å². The number of nitrogens with one attached hydrogen (secondary N) is 2. The van der Waals surface area contributed by atoms with Crippen molar-refractivity contribution in [1.29, 1.82) is 0 Å². The van der Waals surface area contributed by atoms with Crippen molar-refractivity contribution in [2.24, 2.45) is 5.92 Å². The maximum atomic E-state index is 13.2. The molecular formula is C21H26N6O3. The number of carbonyl (C=O) groups is 2. The van der Waals surface area contributed by atoms with Gasteiger partial charge in [-0.3, -0.25) is 14.2 Å². The van der Waals surface area contributed by atoms with E-state index in [0.717, 1.165) is 35.9 Å². The van der Waals surface area contributed by atoms with Crippen LogP contribution in [0.3, 0.4) is 0 Å². The van der Waals surface area contributed by atoms with Crippen molar-refractivity contribution >= 4 is 33.9 Å². The number of aromatic nitrogens is 4. The Morgan fingerprint density at radius 3 is 2.70 bits per heavy atom. The van der Waals surface area contributed by atoms with Gasteiger partial charge in [0.1, 0.15) is 5.65 Å². The predicted molar refractivity (Wildman–Crippen MR) is 112 cm³/mol. The lowest BCUT2D eigenvalue weighted by molar-refractivity contribution is -0.141. The summed E-state index contributed by atoms with van der Waals surface area (Å²) in [5.41, 5.74) is 2.15. The highest BCUT2D eigenvalue weighted by atomic mass is 16.2. The van der Waals surface area contributed by atoms with Gasteiger partial charge in [0.05, 0.1) is 23.3 Å². The van der Waals surface area contributed by atoms with Crippen molar-refractivity contribution in [3.63, 3.8) is 0 Å². The summed E-state index contributed by atoms with van der Waals surface area (Å²) in [6.45, 7) is 4.12. The third-order valence-corrected chi connectivity index (χ3v) is 6.62. The van der Waals surface area contributed by atoms with Crippen LogP contribution < -0.4 is 5.69 Å². The minimum absolute atomic E-state index is 0.0420. The van der Waals surface area contributed by atoms with Gasteiger partial charge in [-0.15, -0.1) is 0 Å². The first kappa shape index (κ1) is 18.9. The third kappa shape index (κ3) is 3.09. The van der Waals surface area contributed by atoms with Crippen molar-refractivity contribution in [2.75, 3.05) is 26.2 Å². The number of H-pyrrole nitrogens is 2. The zero-order valence-corrected chi connectivity index (χ0v) is 17.1. The van der Waals surface area contributed by atoms with Crippen LogP contribution in [-0.4, -0.2) is 67.3 Å². The van der Waals surface area contributed by atoms with Crippen LogP contribution in [0.2, 0.25) is 0 Å². The molecular weight excluding hydrogens is 384 g/mol. The number of likely N-dealkylation sites (tertiary alicyclic amines) is 2. The second kappa shape index (κ2) is 7.30. The number of carbonyl (C=O) groups excluding carboxylic acids is 2. The van der Waals surface area contributed by atoms with E-state index in [1.54, 1.807) is 13.1 Å². The number of aromatic amines is 2. The maximum Gasteiger partial charge on any atom is 0.326 e. The number of imidazole rings is 1. The number of hydrogen-bond donors (Lipinski definition) is 2. The molecule has 0 unspecified atom stereocenters. The van der Waals surface area contributed by atoms with Crippen molar-refractivity contribution in [3.05, 3.63) is 28.9 Å². The molecule has 158 valence electrons. The zero-order chi connectivity index (χ0) is 20.8. The number of piperidine rings is 2. The third-order valence-electron chi connectivity index (χ3n) is 6.62. The van der Waals surface area contributed by atoms with Gasteiger partial charge in [0.2, 0.25) is 11.8 Å². The molecule has 5 heterocycles. The topological polar surface area (TPSA) is 107 Å². The standard InChI is InChI=1S/C21H26N6O3/c1-13(28)25-9-5-14(6-10-25)20(29)26-8-2-3-15(12-26)27-18-16-4-7-22-19(16)23-11-17(18)24-21(27)30/h4,7,11,14-15H,2-3,5-6,8-10,12H2,1H3,(H,22,23)(H,24,30)/t15-/m1/s1. The Morgan fingerprint density at radius 1 is 1.13 bits per heavy atom. The van der Waals surface area contributed by atoms with E-state index in [1.165, 1.54) is 0 Å². The fourth-order valence-corrected chi connectivity index (χ4v) is 5.04. The van der Waals surface area contributed by atoms with Crippen molar-refractivity contribution in [2.45, 2.75) is 38.6 Å². The molecule has 0 saturated carbocycles. The van der Waals surface area contributed by atoms with Crippen LogP contribution in [0.25, 0.3) is 22.1 Å². The van der Waals surface area contributed by atoms with Gasteiger partial charge in [-0.1, -0.05) is 0 Å². The molecule has 2 amide bonds. The lowest BCUT2D eigenvalue weighted by Crippen LogP contribution is -2.47. The highest BCUT2D eigenvalue weighted by molar-refractivity contribution is 6.01. The summed E-state index contributed by atoms with van der Waals surface area (Å²) in [6, 6.07) is 1.87. The molecule has 0 bridgehead atoms. The Hall–Kier alpha value is -3.10. The smallest absolute Gasteiger partial charge is 0.326 e. The Labute approximate surface area is 173 Å². The number of rotatable bonds is 2. The summed E-state index contributed by atoms with van der Waals surface area (Å²) in [5, 5.41) is 0.908. The average molecular weight is 410 g/mol. The number of nitrogens with zero attached hydrogens (tertiary/aromatic N) is 4. The highest BCUT2D eigenvalue weighted by Gasteiger charge is 2.33. The number of hydrogen-bond acceptors (Lipinski definition) is 4. The van der Waals surface area contributed by atoms with Crippen LogP contribution >= 0.6 is 0 Å². The molecule has 9 nitrogen and oxygen atoms in total. The summed E-state index contributed by atoms with van der Waals surface area (Å²) >= 11 is 0. The van der Waals surface area contributed by atoms with Gasteiger partial charge in [-0.05, 0) is 31.7 Å². The van der Waals surface area contributed by atoms with Gasteiger partial charge in [0.15, 0.2) is 0 Å². The molecule has 30 heavy (non-hydrogen) atoms. The predicted octanol–water partition coefficient (Wildman–Crippen LogP) is 1.63. The summed E-state index contributed by atoms with van der Waals surface area (Å²) in [6.07, 6.45) is 6.64. The molecule has 1 atom stereocenters. The van der Waals surface area contributed by atoms with E-state index in [2.05, 4.69) is 15.0 Å². The summed E-state index contributed by atoms with van der Waals surface area (Å²) in [5.74, 6) is 0.187. The highest BCUT2D eigenvalue weighted by Crippen LogP contribution is 2.29. The molecule has 5 rings (SSSR count). The lowest BCUT2D eigenvalue weighted by Gasteiger charge is -2.38. The Balaban J connectivity index is 1.39. The van der Waals surface area contributed by atoms with Gasteiger partial charge in [0.25, 0.3) is 0 Å². The van der Waals surface area contributed by atoms with Crippen LogP contribution in [0.5, 0.6) is 0 Å². The van der Waals surface area contributed by atoms with E-state index >= 15 is 0 Å². The van der Waals surface area contributed by atoms with Gasteiger partial charge < -0.3 is 19.8 Å². The molecule has 2 fully saturated rings. The minimum Gasteiger partial charge on any atom is -0.346 e. The lowest BCUT2D eigenvalue weighted by atomic mass is 9.93. The molecule has 0 spiro atoms. The minimum atomic E-state index is -0.158. The second-order valence-electron chi connectivity index (χ2n) is 8.42. The molecule has 3 aromatic rings. The van der Waals surface area contributed by atoms with Crippen molar-refractivity contribution in [3.8, 4) is 0 Å². The van der Waals surface area contributed by atoms with Crippen molar-refractivity contribution < 1.29 is 9.59 Å². The summed E-state index contributed by atoms with van der Waals surface area (Å²) < 4.78 is 1.81. The van der Waals surface area contributed by atoms with Gasteiger partial charge >= 0.3 is 5.69 Å². The van der Waals surface area contributed by atoms with Crippen LogP contribution in [0.4, 0.5) is 0 Å². The zero-order valence-electron chi connectivity index (χ0n) is 17.1. The Morgan fingerprint density at radius 2 is 1.93 bits per heavy atom. The van der Waals surface area contributed by atoms with Crippen molar-refractivity contribution in [1.82, 2.24) is 29.3 Å². The fourth-order valence-electron chi connectivity index (χ4n) is 5.04. The Bertz CT molecular complexity index is 1170. The number of pyridine rings is 1. The molecule has 9 heteroatoms. The molecule has 0 aromatic carbocycles. The molecule has 2 aliphatic rings. The van der Waals surface area contributed by atoms with E-state index in [0.29, 0.717) is 38.0 Å². The van der Waals surface area contributed by atoms with Crippen LogP contribution in [0.1, 0.15) is 38.6 Å². The monoisotopic (exact) mass is 410 g/mol. The van der Waals surface area contributed by atoms with Gasteiger partial charge in [-0.25, -0.2) is 9.78 Å². The first-order chi connectivity index (χ1) is 14.5. The van der Waals surface area contributed by atoms with Crippen LogP contribution in [-0.2, 0) is 9.59 Å². The molecule has 0 aliphatic carbocycles.